The predicted molar refractivity (Wildman–Crippen MR) is 106 cm³/mol. The molecule has 7 nitrogen and oxygen atoms in total. The Hall–Kier alpha value is -3.41. The van der Waals surface area contributed by atoms with Gasteiger partial charge in [-0.05, 0) is 42.0 Å². The molecule has 0 aliphatic rings. The summed E-state index contributed by atoms with van der Waals surface area (Å²) in [6, 6.07) is 17.7. The molecule has 136 valence electrons. The lowest BCUT2D eigenvalue weighted by Gasteiger charge is -2.04. The van der Waals surface area contributed by atoms with Crippen LogP contribution in [-0.2, 0) is 13.1 Å². The van der Waals surface area contributed by atoms with Crippen LogP contribution in [0.5, 0.6) is 0 Å². The van der Waals surface area contributed by atoms with Crippen LogP contribution >= 0.6 is 12.2 Å². The van der Waals surface area contributed by atoms with Gasteiger partial charge in [-0.1, -0.05) is 42.2 Å². The van der Waals surface area contributed by atoms with Gasteiger partial charge in [-0.25, -0.2) is 10.1 Å². The molecule has 0 unspecified atom stereocenters. The van der Waals surface area contributed by atoms with E-state index in [1.165, 1.54) is 10.2 Å². The Balaban J connectivity index is 1.65. The minimum absolute atomic E-state index is 0.200. The van der Waals surface area contributed by atoms with Crippen molar-refractivity contribution in [2.75, 3.05) is 0 Å². The van der Waals surface area contributed by atoms with E-state index < -0.39 is 0 Å². The normalized spacial score (nSPS) is 10.1. The number of hydrogen-bond donors (Lipinski definition) is 4. The van der Waals surface area contributed by atoms with Gasteiger partial charge in [-0.2, -0.15) is 0 Å². The van der Waals surface area contributed by atoms with Gasteiger partial charge in [0, 0.05) is 17.5 Å². The third-order valence-corrected chi connectivity index (χ3v) is 3.85. The number of rotatable bonds is 5. The average Bonchev–Trinajstić information content (AvgIpc) is 3.04. The highest BCUT2D eigenvalue weighted by Crippen LogP contribution is 2.18. The second-order valence-corrected chi connectivity index (χ2v) is 5.94. The smallest absolute Gasteiger partial charge is 0.288 e. The monoisotopic (exact) mass is 378 g/mol. The van der Waals surface area contributed by atoms with Crippen LogP contribution in [0, 0.1) is 22.1 Å². The molecule has 0 fully saturated rings. The van der Waals surface area contributed by atoms with Gasteiger partial charge in [0.25, 0.3) is 4.84 Å². The molecule has 2 aromatic carbocycles. The zero-order chi connectivity index (χ0) is 19.1. The first-order valence-corrected chi connectivity index (χ1v) is 8.57. The van der Waals surface area contributed by atoms with E-state index in [0.717, 1.165) is 11.1 Å². The van der Waals surface area contributed by atoms with Gasteiger partial charge < -0.3 is 10.2 Å². The Labute approximate surface area is 161 Å². The lowest BCUT2D eigenvalue weighted by atomic mass is 10.1. The standard InChI is InChI=1S/C19H18N6OS/c20-18(21)23-22-13-25-19(27)26-17(24-25)16-11-9-15(10-12-16)8-4-7-14-5-2-1-3-6-14/h1-3,5-6,9-12,22H,7,13H2,(H4,20,21,23). The highest BCUT2D eigenvalue weighted by Gasteiger charge is 2.07. The molecule has 0 saturated carbocycles. The molecule has 1 aromatic heterocycles. The molecule has 0 radical (unpaired) electrons. The number of hydrogen-bond acceptors (Lipinski definition) is 5. The molecule has 27 heavy (non-hydrogen) atoms. The van der Waals surface area contributed by atoms with Crippen LogP contribution in [0.15, 0.2) is 59.0 Å². The minimum Gasteiger partial charge on any atom is -0.409 e. The van der Waals surface area contributed by atoms with Gasteiger partial charge in [0.15, 0.2) is 5.96 Å². The van der Waals surface area contributed by atoms with E-state index in [1.807, 2.05) is 42.5 Å². The minimum atomic E-state index is -0.200. The second-order valence-electron chi connectivity index (χ2n) is 5.59. The van der Waals surface area contributed by atoms with Crippen molar-refractivity contribution in [3.63, 3.8) is 0 Å². The molecule has 0 saturated heterocycles. The first kappa shape index (κ1) is 18.4. The largest absolute Gasteiger partial charge is 0.409 e. The first-order valence-electron chi connectivity index (χ1n) is 8.16. The van der Waals surface area contributed by atoms with Crippen molar-refractivity contribution in [1.82, 2.24) is 20.6 Å². The summed E-state index contributed by atoms with van der Waals surface area (Å²) in [5.74, 6) is 6.53. The predicted octanol–water partition coefficient (Wildman–Crippen LogP) is 2.41. The SMILES string of the molecule is N=C(N)NNCn1nc(-c2ccc(C#CCc3ccccc3)cc2)oc1=S. The summed E-state index contributed by atoms with van der Waals surface area (Å²) in [4.78, 5) is 0.217. The molecule has 0 amide bonds. The number of hydrazine groups is 1. The zero-order valence-electron chi connectivity index (χ0n) is 14.4. The van der Waals surface area contributed by atoms with E-state index in [-0.39, 0.29) is 17.5 Å². The second kappa shape index (κ2) is 8.80. The van der Waals surface area contributed by atoms with E-state index in [2.05, 4.69) is 39.9 Å². The van der Waals surface area contributed by atoms with Crippen molar-refractivity contribution >= 4 is 18.2 Å². The van der Waals surface area contributed by atoms with Crippen molar-refractivity contribution in [2.45, 2.75) is 13.1 Å². The van der Waals surface area contributed by atoms with Gasteiger partial charge in [0.1, 0.15) is 6.67 Å². The van der Waals surface area contributed by atoms with Crippen LogP contribution in [0.4, 0.5) is 0 Å². The van der Waals surface area contributed by atoms with Crippen molar-refractivity contribution < 1.29 is 4.42 Å². The Morgan fingerprint density at radius 3 is 2.63 bits per heavy atom. The van der Waals surface area contributed by atoms with Gasteiger partial charge in [0.05, 0.1) is 0 Å². The summed E-state index contributed by atoms with van der Waals surface area (Å²) in [6.45, 7) is 0.213. The lowest BCUT2D eigenvalue weighted by molar-refractivity contribution is 0.454. The van der Waals surface area contributed by atoms with Crippen molar-refractivity contribution in [3.05, 3.63) is 70.6 Å². The summed E-state index contributed by atoms with van der Waals surface area (Å²) in [6.07, 6.45) is 0.711. The molecular weight excluding hydrogens is 360 g/mol. The van der Waals surface area contributed by atoms with Crippen LogP contribution in [0.25, 0.3) is 11.5 Å². The third kappa shape index (κ3) is 5.28. The summed E-state index contributed by atoms with van der Waals surface area (Å²) < 4.78 is 6.97. The fourth-order valence-electron chi connectivity index (χ4n) is 2.27. The topological polar surface area (TPSA) is 105 Å². The maximum Gasteiger partial charge on any atom is 0.288 e. The van der Waals surface area contributed by atoms with Crippen molar-refractivity contribution in [1.29, 1.82) is 5.41 Å². The van der Waals surface area contributed by atoms with Crippen LogP contribution in [0.3, 0.4) is 0 Å². The van der Waals surface area contributed by atoms with Crippen molar-refractivity contribution in [3.8, 4) is 23.3 Å². The molecule has 5 N–H and O–H groups in total. The van der Waals surface area contributed by atoms with Gasteiger partial charge in [-0.15, -0.1) is 5.10 Å². The summed E-state index contributed by atoms with van der Waals surface area (Å²) in [7, 11) is 0. The number of nitrogens with two attached hydrogens (primary N) is 1. The number of guanidine groups is 1. The number of nitrogens with zero attached hydrogens (tertiary/aromatic N) is 2. The highest BCUT2D eigenvalue weighted by molar-refractivity contribution is 7.71. The molecule has 1 heterocycles. The zero-order valence-corrected chi connectivity index (χ0v) is 15.2. The van der Waals surface area contributed by atoms with Gasteiger partial charge in [0.2, 0.25) is 5.89 Å². The Kier molecular flexibility index (Phi) is 5.99. The van der Waals surface area contributed by atoms with Gasteiger partial charge in [-0.3, -0.25) is 10.8 Å². The summed E-state index contributed by atoms with van der Waals surface area (Å²) in [5, 5.41) is 11.4. The van der Waals surface area contributed by atoms with E-state index in [1.54, 1.807) is 0 Å². The van der Waals surface area contributed by atoms with Crippen molar-refractivity contribution in [2.24, 2.45) is 5.73 Å². The van der Waals surface area contributed by atoms with Crippen LogP contribution in [-0.4, -0.2) is 15.7 Å². The molecule has 0 aliphatic heterocycles. The van der Waals surface area contributed by atoms with Gasteiger partial charge >= 0.3 is 0 Å². The number of aromatic nitrogens is 2. The van der Waals surface area contributed by atoms with E-state index in [0.29, 0.717) is 12.3 Å². The van der Waals surface area contributed by atoms with E-state index in [4.69, 9.17) is 27.8 Å². The van der Waals surface area contributed by atoms with Crippen LogP contribution in [0.1, 0.15) is 11.1 Å². The third-order valence-electron chi connectivity index (χ3n) is 3.56. The molecule has 8 heteroatoms. The number of nitrogens with one attached hydrogen (secondary N) is 3. The molecule has 0 atom stereocenters. The fraction of sp³-hybridized carbons (Fsp3) is 0.105. The average molecular weight is 378 g/mol. The highest BCUT2D eigenvalue weighted by atomic mass is 32.1. The molecule has 0 bridgehead atoms. The summed E-state index contributed by atoms with van der Waals surface area (Å²) >= 11 is 5.14. The van der Waals surface area contributed by atoms with E-state index >= 15 is 0 Å². The molecular formula is C19H18N6OS. The van der Waals surface area contributed by atoms with Crippen LogP contribution < -0.4 is 16.6 Å². The Morgan fingerprint density at radius 1 is 1.19 bits per heavy atom. The molecule has 0 aliphatic carbocycles. The quantitative estimate of drug-likeness (QED) is 0.179. The Morgan fingerprint density at radius 2 is 1.93 bits per heavy atom. The van der Waals surface area contributed by atoms with Crippen LogP contribution in [0.2, 0.25) is 0 Å². The maximum atomic E-state index is 7.08. The fourth-order valence-corrected chi connectivity index (χ4v) is 2.46. The maximum absolute atomic E-state index is 7.08. The Bertz CT molecular complexity index is 1030. The molecule has 3 rings (SSSR count). The van der Waals surface area contributed by atoms with E-state index in [9.17, 15) is 0 Å². The molecule has 0 spiro atoms. The first-order chi connectivity index (χ1) is 13.1. The molecule has 3 aromatic rings. The lowest BCUT2D eigenvalue weighted by Crippen LogP contribution is -2.42. The summed E-state index contributed by atoms with van der Waals surface area (Å²) in [5.41, 5.74) is 13.3. The number of benzene rings is 2.